The van der Waals surface area contributed by atoms with Gasteiger partial charge in [-0.25, -0.2) is 15.0 Å². The van der Waals surface area contributed by atoms with Crippen LogP contribution in [-0.4, -0.2) is 19.5 Å². The van der Waals surface area contributed by atoms with Crippen LogP contribution in [0.4, 0.5) is 0 Å². The average molecular weight is 570 g/mol. The molecule has 206 valence electrons. The summed E-state index contributed by atoms with van der Waals surface area (Å²) in [4.78, 5) is 14.2. The molecule has 9 aromatic rings. The molecule has 0 saturated heterocycles. The van der Waals surface area contributed by atoms with Crippen LogP contribution in [0.5, 0.6) is 0 Å². The highest BCUT2D eigenvalue weighted by Crippen LogP contribution is 2.41. The molecule has 44 heavy (non-hydrogen) atoms. The van der Waals surface area contributed by atoms with Gasteiger partial charge in [-0.1, -0.05) is 115 Å². The van der Waals surface area contributed by atoms with Crippen LogP contribution in [0, 0.1) is 0 Å². The molecular weight excluding hydrogens is 540 g/mol. The Hall–Kier alpha value is -6.07. The first-order chi connectivity index (χ1) is 23.9. The fraction of sp³-hybridized carbons (Fsp3) is 0. The van der Waals surface area contributed by atoms with Crippen molar-refractivity contribution in [2.24, 2.45) is 0 Å². The minimum Gasteiger partial charge on any atom is -0.455 e. The summed E-state index contributed by atoms with van der Waals surface area (Å²) in [6.45, 7) is 0. The van der Waals surface area contributed by atoms with E-state index in [2.05, 4.69) is 52.0 Å². The molecule has 0 aliphatic heterocycles. The first-order valence-corrected chi connectivity index (χ1v) is 14.2. The monoisotopic (exact) mass is 569 g/mol. The third kappa shape index (κ3) is 3.76. The minimum atomic E-state index is -0.484. The molecule has 0 aliphatic carbocycles. The SMILES string of the molecule is [2H]c1c([2H])c([2H])c(-c2nc(-c3ccccc3)nc(-c3cccc4c3oc3cccc(-n5c6ccccc6c6ccccc65)c34)n2)c([2H])c1[2H]. The second-order valence-corrected chi connectivity index (χ2v) is 10.5. The van der Waals surface area contributed by atoms with Gasteiger partial charge in [0, 0.05) is 27.3 Å². The second kappa shape index (κ2) is 9.75. The Morgan fingerprint density at radius 2 is 1.14 bits per heavy atom. The van der Waals surface area contributed by atoms with Crippen LogP contribution in [0.25, 0.3) is 83.6 Å². The molecule has 0 unspecified atom stereocenters. The highest BCUT2D eigenvalue weighted by atomic mass is 16.3. The van der Waals surface area contributed by atoms with Gasteiger partial charge >= 0.3 is 0 Å². The summed E-state index contributed by atoms with van der Waals surface area (Å²) in [6, 6.07) is 35.6. The molecule has 3 heterocycles. The first kappa shape index (κ1) is 19.9. The standard InChI is InChI=1S/C39H24N4O/c1-3-13-25(14-4-1)37-40-38(26-15-5-2-6-16-26)42-39(41-37)30-20-11-19-29-35-33(23-12-24-34(35)44-36(29)30)43-31-21-9-7-17-27(31)28-18-8-10-22-32(28)43/h1-24H/i1D,3D,4D,13D,14D. The van der Waals surface area contributed by atoms with Gasteiger partial charge in [0.2, 0.25) is 0 Å². The Morgan fingerprint density at radius 3 is 1.89 bits per heavy atom. The van der Waals surface area contributed by atoms with Crippen LogP contribution in [0.2, 0.25) is 0 Å². The molecule has 5 heteroatoms. The molecule has 0 fully saturated rings. The number of hydrogen-bond donors (Lipinski definition) is 0. The summed E-state index contributed by atoms with van der Waals surface area (Å²) in [5.41, 5.74) is 5.53. The summed E-state index contributed by atoms with van der Waals surface area (Å²) in [7, 11) is 0. The molecule has 9 rings (SSSR count). The van der Waals surface area contributed by atoms with Gasteiger partial charge in [0.05, 0.1) is 34.5 Å². The van der Waals surface area contributed by atoms with Gasteiger partial charge in [0.15, 0.2) is 17.5 Å². The molecule has 0 atom stereocenters. The van der Waals surface area contributed by atoms with Crippen LogP contribution < -0.4 is 0 Å². The molecule has 0 bridgehead atoms. The van der Waals surface area contributed by atoms with E-state index >= 15 is 0 Å². The number of para-hydroxylation sites is 3. The van der Waals surface area contributed by atoms with Crippen molar-refractivity contribution in [3.05, 3.63) is 145 Å². The van der Waals surface area contributed by atoms with Crippen molar-refractivity contribution >= 4 is 43.7 Å². The van der Waals surface area contributed by atoms with Crippen molar-refractivity contribution in [2.75, 3.05) is 0 Å². The third-order valence-electron chi connectivity index (χ3n) is 7.95. The Balaban J connectivity index is 1.33. The van der Waals surface area contributed by atoms with Crippen molar-refractivity contribution in [3.8, 4) is 39.9 Å². The van der Waals surface area contributed by atoms with Crippen molar-refractivity contribution in [3.63, 3.8) is 0 Å². The van der Waals surface area contributed by atoms with E-state index in [4.69, 9.17) is 21.2 Å². The van der Waals surface area contributed by atoms with Crippen molar-refractivity contribution in [1.82, 2.24) is 19.5 Å². The quantitative estimate of drug-likeness (QED) is 0.212. The maximum Gasteiger partial charge on any atom is 0.167 e. The van der Waals surface area contributed by atoms with Gasteiger partial charge in [0.1, 0.15) is 11.2 Å². The number of hydrogen-bond acceptors (Lipinski definition) is 4. The molecule has 0 amide bonds. The third-order valence-corrected chi connectivity index (χ3v) is 7.95. The van der Waals surface area contributed by atoms with E-state index in [-0.39, 0.29) is 29.3 Å². The van der Waals surface area contributed by atoms with E-state index in [1.165, 1.54) is 0 Å². The zero-order valence-electron chi connectivity index (χ0n) is 28.2. The van der Waals surface area contributed by atoms with Crippen LogP contribution in [-0.2, 0) is 0 Å². The summed E-state index contributed by atoms with van der Waals surface area (Å²) < 4.78 is 50.8. The van der Waals surface area contributed by atoms with E-state index in [1.54, 1.807) is 0 Å². The van der Waals surface area contributed by atoms with Gasteiger partial charge in [-0.05, 0) is 30.3 Å². The Kier molecular flexibility index (Phi) is 4.42. The van der Waals surface area contributed by atoms with Crippen molar-refractivity contribution in [1.29, 1.82) is 0 Å². The van der Waals surface area contributed by atoms with E-state index in [1.807, 2.05) is 72.8 Å². The molecular formula is C39H24N4O. The molecule has 6 aromatic carbocycles. The predicted octanol–water partition coefficient (Wildman–Crippen LogP) is 9.87. The summed E-state index contributed by atoms with van der Waals surface area (Å²) in [5.74, 6) is 0.519. The maximum atomic E-state index is 8.64. The zero-order valence-corrected chi connectivity index (χ0v) is 23.2. The fourth-order valence-electron chi connectivity index (χ4n) is 6.06. The van der Waals surface area contributed by atoms with Crippen LogP contribution in [0.3, 0.4) is 0 Å². The van der Waals surface area contributed by atoms with Gasteiger partial charge in [-0.3, -0.25) is 0 Å². The largest absolute Gasteiger partial charge is 0.455 e. The molecule has 0 radical (unpaired) electrons. The van der Waals surface area contributed by atoms with E-state index in [9.17, 15) is 0 Å². The van der Waals surface area contributed by atoms with Crippen molar-refractivity contribution in [2.45, 2.75) is 0 Å². The molecule has 0 N–H and O–H groups in total. The number of furan rings is 1. The number of aromatic nitrogens is 4. The zero-order chi connectivity index (χ0) is 33.4. The van der Waals surface area contributed by atoms with E-state index in [0.717, 1.165) is 38.3 Å². The maximum absolute atomic E-state index is 8.64. The van der Waals surface area contributed by atoms with Crippen molar-refractivity contribution < 1.29 is 11.3 Å². The second-order valence-electron chi connectivity index (χ2n) is 10.5. The van der Waals surface area contributed by atoms with Crippen LogP contribution in [0.15, 0.2) is 150 Å². The topological polar surface area (TPSA) is 56.7 Å². The van der Waals surface area contributed by atoms with Gasteiger partial charge in [-0.15, -0.1) is 0 Å². The summed E-state index contributed by atoms with van der Waals surface area (Å²) in [5, 5.41) is 4.09. The highest BCUT2D eigenvalue weighted by Gasteiger charge is 2.21. The molecule has 5 nitrogen and oxygen atoms in total. The highest BCUT2D eigenvalue weighted by molar-refractivity contribution is 6.16. The lowest BCUT2D eigenvalue weighted by Crippen LogP contribution is -2.00. The van der Waals surface area contributed by atoms with Gasteiger partial charge in [-0.2, -0.15) is 0 Å². The van der Waals surface area contributed by atoms with Crippen LogP contribution >= 0.6 is 0 Å². The Bertz CT molecular complexity index is 2710. The summed E-state index contributed by atoms with van der Waals surface area (Å²) in [6.07, 6.45) is 0. The Morgan fingerprint density at radius 1 is 0.523 bits per heavy atom. The lowest BCUT2D eigenvalue weighted by atomic mass is 10.1. The average Bonchev–Trinajstić information content (AvgIpc) is 3.70. The van der Waals surface area contributed by atoms with Crippen LogP contribution in [0.1, 0.15) is 6.85 Å². The van der Waals surface area contributed by atoms with E-state index < -0.39 is 18.1 Å². The summed E-state index contributed by atoms with van der Waals surface area (Å²) >= 11 is 0. The normalized spacial score (nSPS) is 13.2. The number of fused-ring (bicyclic) bond motifs is 6. The van der Waals surface area contributed by atoms with E-state index in [0.29, 0.717) is 28.1 Å². The van der Waals surface area contributed by atoms with Gasteiger partial charge in [0.25, 0.3) is 0 Å². The number of nitrogens with zero attached hydrogens (tertiary/aromatic N) is 4. The molecule has 0 saturated carbocycles. The number of benzene rings is 6. The fourth-order valence-corrected chi connectivity index (χ4v) is 6.06. The molecule has 0 aliphatic rings. The minimum absolute atomic E-state index is 0.0278. The lowest BCUT2D eigenvalue weighted by molar-refractivity contribution is 0.669. The smallest absolute Gasteiger partial charge is 0.167 e. The molecule has 3 aromatic heterocycles. The first-order valence-electron chi connectivity index (χ1n) is 16.7. The lowest BCUT2D eigenvalue weighted by Gasteiger charge is -2.10. The molecule has 0 spiro atoms. The van der Waals surface area contributed by atoms with Gasteiger partial charge < -0.3 is 8.98 Å². The predicted molar refractivity (Wildman–Crippen MR) is 178 cm³/mol. The number of rotatable bonds is 4. The Labute approximate surface area is 259 Å².